The van der Waals surface area contributed by atoms with Gasteiger partial charge in [-0.15, -0.1) is 0 Å². The minimum Gasteiger partial charge on any atom is -0.492 e. The maximum absolute atomic E-state index is 12.2. The molecule has 98 valence electrons. The predicted octanol–water partition coefficient (Wildman–Crippen LogP) is 2.84. The number of carbonyl (C=O) groups is 1. The Morgan fingerprint density at radius 2 is 2.22 bits per heavy atom. The topological polar surface area (TPSA) is 38.3 Å². The lowest BCUT2D eigenvalue weighted by Gasteiger charge is -2.17. The van der Waals surface area contributed by atoms with Crippen molar-refractivity contribution in [2.45, 2.75) is 37.1 Å². The second kappa shape index (κ2) is 5.74. The van der Waals surface area contributed by atoms with Crippen LogP contribution in [-0.4, -0.2) is 23.4 Å². The predicted molar refractivity (Wildman–Crippen MR) is 75.3 cm³/mol. The fourth-order valence-corrected chi connectivity index (χ4v) is 2.83. The van der Waals surface area contributed by atoms with E-state index >= 15 is 0 Å². The van der Waals surface area contributed by atoms with Crippen LogP contribution in [-0.2, 0) is 4.79 Å². The molecule has 3 atom stereocenters. The minimum absolute atomic E-state index is 0.0561. The molecule has 1 N–H and O–H groups in total. The van der Waals surface area contributed by atoms with Gasteiger partial charge >= 0.3 is 0 Å². The van der Waals surface area contributed by atoms with Crippen molar-refractivity contribution in [3.05, 3.63) is 29.8 Å². The summed E-state index contributed by atoms with van der Waals surface area (Å²) in [5, 5.41) is 3.05. The third-order valence-corrected chi connectivity index (χ3v) is 3.46. The minimum atomic E-state index is -0.172. The van der Waals surface area contributed by atoms with Crippen molar-refractivity contribution in [3.8, 4) is 5.75 Å². The van der Waals surface area contributed by atoms with Gasteiger partial charge in [0.15, 0.2) is 0 Å². The van der Waals surface area contributed by atoms with Crippen LogP contribution in [0.5, 0.6) is 5.75 Å². The van der Waals surface area contributed by atoms with Gasteiger partial charge in [-0.05, 0) is 19.4 Å². The average molecular weight is 312 g/mol. The van der Waals surface area contributed by atoms with E-state index < -0.39 is 0 Å². The Balaban J connectivity index is 1.99. The first-order chi connectivity index (χ1) is 8.58. The Morgan fingerprint density at radius 3 is 2.94 bits per heavy atom. The molecule has 18 heavy (non-hydrogen) atoms. The molecule has 3 unspecified atom stereocenters. The van der Waals surface area contributed by atoms with E-state index in [4.69, 9.17) is 4.74 Å². The van der Waals surface area contributed by atoms with Crippen molar-refractivity contribution in [1.29, 1.82) is 0 Å². The fourth-order valence-electron chi connectivity index (χ4n) is 2.27. The molecule has 0 radical (unpaired) electrons. The molecule has 4 heteroatoms. The number of nitrogens with one attached hydrogen (secondary N) is 1. The fraction of sp³-hybridized carbons (Fsp3) is 0.500. The lowest BCUT2D eigenvalue weighted by Crippen LogP contribution is -2.37. The van der Waals surface area contributed by atoms with Crippen molar-refractivity contribution in [2.75, 3.05) is 6.61 Å². The molecule has 1 heterocycles. The Labute approximate surface area is 116 Å². The highest BCUT2D eigenvalue weighted by Crippen LogP contribution is 2.33. The molecule has 2 rings (SSSR count). The lowest BCUT2D eigenvalue weighted by atomic mass is 10.00. The molecule has 0 saturated heterocycles. The third kappa shape index (κ3) is 3.05. The molecule has 3 nitrogen and oxygen atoms in total. The number of fused-ring (bicyclic) bond motifs is 1. The molecule has 1 aromatic carbocycles. The Kier molecular flexibility index (Phi) is 4.27. The Morgan fingerprint density at radius 1 is 1.50 bits per heavy atom. The molecular formula is C14H18BrNO2. The number of ether oxygens (including phenoxy) is 1. The summed E-state index contributed by atoms with van der Waals surface area (Å²) in [4.78, 5) is 12.6. The van der Waals surface area contributed by atoms with Gasteiger partial charge in [-0.3, -0.25) is 4.79 Å². The van der Waals surface area contributed by atoms with Crippen LogP contribution in [0.3, 0.4) is 0 Å². The number of carbonyl (C=O) groups excluding carboxylic acids is 1. The van der Waals surface area contributed by atoms with Gasteiger partial charge in [0.05, 0.1) is 0 Å². The number of hydrogen-bond acceptors (Lipinski definition) is 2. The molecule has 1 aromatic rings. The molecule has 0 aliphatic carbocycles. The highest BCUT2D eigenvalue weighted by Gasteiger charge is 2.30. The van der Waals surface area contributed by atoms with Crippen LogP contribution in [0.4, 0.5) is 0 Å². The van der Waals surface area contributed by atoms with Crippen molar-refractivity contribution in [2.24, 2.45) is 0 Å². The standard InChI is InChI=1S/C14H18BrNO2/c1-9(15)7-10(2)16-14(17)12-8-18-13-6-4-3-5-11(12)13/h3-6,9-10,12H,7-8H2,1-2H3,(H,16,17). The van der Waals surface area contributed by atoms with Gasteiger partial charge < -0.3 is 10.1 Å². The van der Waals surface area contributed by atoms with Crippen molar-refractivity contribution in [1.82, 2.24) is 5.32 Å². The average Bonchev–Trinajstić information content (AvgIpc) is 2.71. The lowest BCUT2D eigenvalue weighted by molar-refractivity contribution is -0.123. The second-order valence-corrected chi connectivity index (χ2v) is 6.39. The number of halogens is 1. The van der Waals surface area contributed by atoms with Gasteiger partial charge in [-0.2, -0.15) is 0 Å². The second-order valence-electron chi connectivity index (χ2n) is 4.83. The number of para-hydroxylation sites is 1. The maximum atomic E-state index is 12.2. The molecule has 1 aliphatic heterocycles. The largest absolute Gasteiger partial charge is 0.492 e. The van der Waals surface area contributed by atoms with Gasteiger partial charge in [-0.1, -0.05) is 41.1 Å². The van der Waals surface area contributed by atoms with Crippen LogP contribution in [0.2, 0.25) is 0 Å². The van der Waals surface area contributed by atoms with E-state index in [1.165, 1.54) is 0 Å². The van der Waals surface area contributed by atoms with Crippen LogP contribution in [0.25, 0.3) is 0 Å². The van der Waals surface area contributed by atoms with E-state index in [-0.39, 0.29) is 17.9 Å². The number of alkyl halides is 1. The molecule has 1 aliphatic rings. The normalized spacial score (nSPS) is 20.7. The zero-order chi connectivity index (χ0) is 13.1. The Bertz CT molecular complexity index is 434. The van der Waals surface area contributed by atoms with Crippen LogP contribution in [0.15, 0.2) is 24.3 Å². The summed E-state index contributed by atoms with van der Waals surface area (Å²) in [7, 11) is 0. The van der Waals surface area contributed by atoms with Gasteiger partial charge in [0.25, 0.3) is 0 Å². The monoisotopic (exact) mass is 311 g/mol. The first-order valence-electron chi connectivity index (χ1n) is 6.24. The number of rotatable bonds is 4. The number of benzene rings is 1. The summed E-state index contributed by atoms with van der Waals surface area (Å²) in [6.07, 6.45) is 0.918. The number of amides is 1. The van der Waals surface area contributed by atoms with E-state index in [0.29, 0.717) is 11.4 Å². The first-order valence-corrected chi connectivity index (χ1v) is 7.15. The number of hydrogen-bond donors (Lipinski definition) is 1. The summed E-state index contributed by atoms with van der Waals surface area (Å²) < 4.78 is 5.52. The van der Waals surface area contributed by atoms with E-state index in [1.807, 2.05) is 31.2 Å². The van der Waals surface area contributed by atoms with Crippen LogP contribution < -0.4 is 10.1 Å². The van der Waals surface area contributed by atoms with E-state index in [0.717, 1.165) is 17.7 Å². The smallest absolute Gasteiger partial charge is 0.231 e. The zero-order valence-electron chi connectivity index (χ0n) is 10.7. The molecule has 0 saturated carbocycles. The SMILES string of the molecule is CC(Br)CC(C)NC(=O)C1COc2ccccc21. The highest BCUT2D eigenvalue weighted by molar-refractivity contribution is 9.09. The quantitative estimate of drug-likeness (QED) is 0.868. The van der Waals surface area contributed by atoms with Crippen LogP contribution in [0.1, 0.15) is 31.7 Å². The molecule has 0 aromatic heterocycles. The maximum Gasteiger partial charge on any atom is 0.231 e. The molecule has 0 spiro atoms. The zero-order valence-corrected chi connectivity index (χ0v) is 12.2. The van der Waals surface area contributed by atoms with Crippen LogP contribution in [0, 0.1) is 0 Å². The molecule has 1 amide bonds. The summed E-state index contributed by atoms with van der Waals surface area (Å²) in [5.41, 5.74) is 0.995. The summed E-state index contributed by atoms with van der Waals surface area (Å²) in [6.45, 7) is 4.55. The molecule has 0 fully saturated rings. The summed E-state index contributed by atoms with van der Waals surface area (Å²) in [6, 6.07) is 7.91. The van der Waals surface area contributed by atoms with Gasteiger partial charge in [0.2, 0.25) is 5.91 Å². The Hall–Kier alpha value is -1.03. The van der Waals surface area contributed by atoms with E-state index in [2.05, 4.69) is 28.2 Å². The van der Waals surface area contributed by atoms with Gasteiger partial charge in [0, 0.05) is 16.4 Å². The van der Waals surface area contributed by atoms with Gasteiger partial charge in [-0.25, -0.2) is 0 Å². The molecule has 0 bridgehead atoms. The van der Waals surface area contributed by atoms with Crippen molar-refractivity contribution in [3.63, 3.8) is 0 Å². The third-order valence-electron chi connectivity index (χ3n) is 3.08. The summed E-state index contributed by atoms with van der Waals surface area (Å²) >= 11 is 3.50. The van der Waals surface area contributed by atoms with Gasteiger partial charge in [0.1, 0.15) is 18.3 Å². The van der Waals surface area contributed by atoms with Crippen molar-refractivity contribution < 1.29 is 9.53 Å². The highest BCUT2D eigenvalue weighted by atomic mass is 79.9. The first kappa shape index (κ1) is 13.4. The van der Waals surface area contributed by atoms with Crippen molar-refractivity contribution >= 4 is 21.8 Å². The summed E-state index contributed by atoms with van der Waals surface area (Å²) in [5.74, 6) is 0.717. The van der Waals surface area contributed by atoms with E-state index in [9.17, 15) is 4.79 Å². The van der Waals surface area contributed by atoms with Crippen LogP contribution >= 0.6 is 15.9 Å². The van der Waals surface area contributed by atoms with E-state index in [1.54, 1.807) is 0 Å². The molecular weight excluding hydrogens is 294 g/mol.